The molecule has 0 aliphatic rings. The number of thiophene rings is 1. The Morgan fingerprint density at radius 2 is 2.05 bits per heavy atom. The minimum Gasteiger partial charge on any atom is -0.263 e. The molecule has 2 heterocycles. The maximum atomic E-state index is 12.3. The highest BCUT2D eigenvalue weighted by molar-refractivity contribution is 7.89. The van der Waals surface area contributed by atoms with Crippen molar-refractivity contribution in [2.45, 2.75) is 38.6 Å². The fourth-order valence-electron chi connectivity index (χ4n) is 1.78. The van der Waals surface area contributed by atoms with Gasteiger partial charge in [0.1, 0.15) is 5.82 Å². The molecule has 0 saturated carbocycles. The van der Waals surface area contributed by atoms with E-state index in [2.05, 4.69) is 19.9 Å². The summed E-state index contributed by atoms with van der Waals surface area (Å²) >= 11 is 1.47. The fraction of sp³-hybridized carbons (Fsp3) is 0.455. The minimum atomic E-state index is -3.54. The first-order chi connectivity index (χ1) is 8.79. The molecule has 0 aliphatic carbocycles. The molecule has 0 radical (unpaired) electrons. The lowest BCUT2D eigenvalue weighted by molar-refractivity contribution is 0.560. The number of hydrogen-bond donors (Lipinski definition) is 2. The van der Waals surface area contributed by atoms with E-state index in [1.54, 1.807) is 26.8 Å². The summed E-state index contributed by atoms with van der Waals surface area (Å²) in [5, 5.41) is 6.66. The molecular weight excluding hydrogens is 284 g/mol. The van der Waals surface area contributed by atoms with Gasteiger partial charge in [-0.05, 0) is 33.8 Å². The summed E-state index contributed by atoms with van der Waals surface area (Å²) in [5.74, 6) is 1.09. The monoisotopic (exact) mass is 300 g/mol. The van der Waals surface area contributed by atoms with E-state index in [9.17, 15) is 8.42 Å². The van der Waals surface area contributed by atoms with Gasteiger partial charge < -0.3 is 0 Å². The molecule has 6 nitrogen and oxygen atoms in total. The molecule has 2 aromatic rings. The van der Waals surface area contributed by atoms with Gasteiger partial charge in [-0.25, -0.2) is 18.1 Å². The molecule has 2 aromatic heterocycles. The van der Waals surface area contributed by atoms with Crippen LogP contribution in [0.4, 0.5) is 0 Å². The van der Waals surface area contributed by atoms with Gasteiger partial charge in [-0.2, -0.15) is 5.10 Å². The third-order valence-corrected chi connectivity index (χ3v) is 5.38. The zero-order valence-electron chi connectivity index (χ0n) is 11.2. The number of hydrogen-bond acceptors (Lipinski definition) is 5. The van der Waals surface area contributed by atoms with Crippen molar-refractivity contribution in [3.05, 3.63) is 27.5 Å². The summed E-state index contributed by atoms with van der Waals surface area (Å²) < 4.78 is 27.2. The van der Waals surface area contributed by atoms with Crippen molar-refractivity contribution in [2.75, 3.05) is 0 Å². The first kappa shape index (κ1) is 14.2. The Morgan fingerprint density at radius 3 is 2.53 bits per heavy atom. The SMILES string of the molecule is Cc1nc([C@@H](C)NS(=O)(=O)c2cc(C)sc2C)n[nH]1. The second-order valence-corrected chi connectivity index (χ2v) is 7.54. The maximum absolute atomic E-state index is 12.3. The Kier molecular flexibility index (Phi) is 3.75. The van der Waals surface area contributed by atoms with Crippen molar-refractivity contribution >= 4 is 21.4 Å². The number of sulfonamides is 1. The predicted molar refractivity (Wildman–Crippen MR) is 73.6 cm³/mol. The zero-order valence-corrected chi connectivity index (χ0v) is 12.8. The largest absolute Gasteiger partial charge is 0.263 e. The molecule has 19 heavy (non-hydrogen) atoms. The third-order valence-electron chi connectivity index (χ3n) is 2.62. The Hall–Kier alpha value is -1.25. The van der Waals surface area contributed by atoms with Gasteiger partial charge in [0.15, 0.2) is 5.82 Å². The molecule has 0 unspecified atom stereocenters. The summed E-state index contributed by atoms with van der Waals surface area (Å²) in [7, 11) is -3.54. The number of nitrogens with zero attached hydrogens (tertiary/aromatic N) is 2. The van der Waals surface area contributed by atoms with Crippen molar-refractivity contribution < 1.29 is 8.42 Å². The van der Waals surface area contributed by atoms with Crippen LogP contribution in [0.15, 0.2) is 11.0 Å². The molecule has 2 rings (SSSR count). The van der Waals surface area contributed by atoms with Crippen LogP contribution < -0.4 is 4.72 Å². The number of H-pyrrole nitrogens is 1. The number of rotatable bonds is 4. The van der Waals surface area contributed by atoms with Gasteiger partial charge in [-0.1, -0.05) is 0 Å². The van der Waals surface area contributed by atoms with Gasteiger partial charge in [0.25, 0.3) is 0 Å². The van der Waals surface area contributed by atoms with Gasteiger partial charge in [-0.15, -0.1) is 11.3 Å². The molecule has 0 aliphatic heterocycles. The molecule has 1 atom stereocenters. The highest BCUT2D eigenvalue weighted by atomic mass is 32.2. The molecule has 0 fully saturated rings. The van der Waals surface area contributed by atoms with E-state index in [1.165, 1.54) is 11.3 Å². The normalized spacial score (nSPS) is 13.7. The van der Waals surface area contributed by atoms with Crippen LogP contribution in [-0.2, 0) is 10.0 Å². The molecule has 0 spiro atoms. The molecule has 104 valence electrons. The van der Waals surface area contributed by atoms with Gasteiger partial charge in [-0.3, -0.25) is 5.10 Å². The molecular formula is C11H16N4O2S2. The number of aromatic nitrogens is 3. The molecule has 2 N–H and O–H groups in total. The number of nitrogens with one attached hydrogen (secondary N) is 2. The van der Waals surface area contributed by atoms with Crippen LogP contribution in [-0.4, -0.2) is 23.6 Å². The summed E-state index contributed by atoms with van der Waals surface area (Å²) in [5.41, 5.74) is 0. The molecule has 0 bridgehead atoms. The smallest absolute Gasteiger partial charge is 0.242 e. The number of aryl methyl sites for hydroxylation is 3. The van der Waals surface area contributed by atoms with Crippen LogP contribution in [0.3, 0.4) is 0 Å². The highest BCUT2D eigenvalue weighted by Crippen LogP contribution is 2.25. The van der Waals surface area contributed by atoms with Crippen molar-refractivity contribution in [2.24, 2.45) is 0 Å². The van der Waals surface area contributed by atoms with Crippen LogP contribution >= 0.6 is 11.3 Å². The lowest BCUT2D eigenvalue weighted by Crippen LogP contribution is -2.27. The average Bonchev–Trinajstić information content (AvgIpc) is 2.84. The van der Waals surface area contributed by atoms with Crippen molar-refractivity contribution in [3.63, 3.8) is 0 Å². The maximum Gasteiger partial charge on any atom is 0.242 e. The summed E-state index contributed by atoms with van der Waals surface area (Å²) in [6.07, 6.45) is 0. The molecule has 0 amide bonds. The van der Waals surface area contributed by atoms with E-state index >= 15 is 0 Å². The highest BCUT2D eigenvalue weighted by Gasteiger charge is 2.23. The van der Waals surface area contributed by atoms with E-state index in [0.717, 1.165) is 9.75 Å². The van der Waals surface area contributed by atoms with Crippen LogP contribution in [0.25, 0.3) is 0 Å². The Labute approximate surface area is 116 Å². The summed E-state index contributed by atoms with van der Waals surface area (Å²) in [6, 6.07) is 1.20. The van der Waals surface area contributed by atoms with E-state index in [1.807, 2.05) is 6.92 Å². The number of aromatic amines is 1. The van der Waals surface area contributed by atoms with Crippen LogP contribution in [0.5, 0.6) is 0 Å². The van der Waals surface area contributed by atoms with E-state index in [-0.39, 0.29) is 0 Å². The van der Waals surface area contributed by atoms with Crippen molar-refractivity contribution in [1.82, 2.24) is 19.9 Å². The van der Waals surface area contributed by atoms with Gasteiger partial charge >= 0.3 is 0 Å². The lowest BCUT2D eigenvalue weighted by Gasteiger charge is -2.10. The van der Waals surface area contributed by atoms with Crippen molar-refractivity contribution in [3.8, 4) is 0 Å². The average molecular weight is 300 g/mol. The Morgan fingerprint density at radius 1 is 1.37 bits per heavy atom. The minimum absolute atomic E-state index is 0.328. The Balaban J connectivity index is 2.24. The van der Waals surface area contributed by atoms with Crippen LogP contribution in [0.2, 0.25) is 0 Å². The van der Waals surface area contributed by atoms with E-state index in [0.29, 0.717) is 16.5 Å². The second kappa shape index (κ2) is 5.03. The zero-order chi connectivity index (χ0) is 14.2. The summed E-state index contributed by atoms with van der Waals surface area (Å²) in [6.45, 7) is 7.17. The van der Waals surface area contributed by atoms with E-state index < -0.39 is 16.1 Å². The second-order valence-electron chi connectivity index (χ2n) is 4.40. The van der Waals surface area contributed by atoms with E-state index in [4.69, 9.17) is 0 Å². The fourth-order valence-corrected chi connectivity index (χ4v) is 4.53. The first-order valence-corrected chi connectivity index (χ1v) is 8.08. The third kappa shape index (κ3) is 3.02. The first-order valence-electron chi connectivity index (χ1n) is 5.78. The van der Waals surface area contributed by atoms with Gasteiger partial charge in [0.2, 0.25) is 10.0 Å². The van der Waals surface area contributed by atoms with Gasteiger partial charge in [0, 0.05) is 9.75 Å². The Bertz CT molecular complexity index is 687. The lowest BCUT2D eigenvalue weighted by atomic mass is 10.3. The van der Waals surface area contributed by atoms with Crippen molar-refractivity contribution in [1.29, 1.82) is 0 Å². The predicted octanol–water partition coefficient (Wildman–Crippen LogP) is 1.83. The quantitative estimate of drug-likeness (QED) is 0.901. The van der Waals surface area contributed by atoms with Crippen LogP contribution in [0, 0.1) is 20.8 Å². The molecule has 0 saturated heterocycles. The topological polar surface area (TPSA) is 87.7 Å². The van der Waals surface area contributed by atoms with Gasteiger partial charge in [0.05, 0.1) is 10.9 Å². The van der Waals surface area contributed by atoms with Crippen LogP contribution in [0.1, 0.15) is 34.4 Å². The summed E-state index contributed by atoms with van der Waals surface area (Å²) in [4.78, 5) is 6.21. The molecule has 0 aromatic carbocycles. The molecule has 8 heteroatoms. The standard InChI is InChI=1S/C11H16N4O2S2/c1-6-5-10(8(3)18-6)19(16,17)15-7(2)11-12-9(4)13-14-11/h5,7,15H,1-4H3,(H,12,13,14)/t7-/m1/s1.